The fourth-order valence-electron chi connectivity index (χ4n) is 3.11. The second-order valence-corrected chi connectivity index (χ2v) is 7.34. The Labute approximate surface area is 160 Å². The summed E-state index contributed by atoms with van der Waals surface area (Å²) in [6.07, 6.45) is 3.40. The van der Waals surface area contributed by atoms with Crippen LogP contribution in [0.15, 0.2) is 42.0 Å². The number of aromatic nitrogens is 3. The molecule has 2 amide bonds. The van der Waals surface area contributed by atoms with Gasteiger partial charge in [0.25, 0.3) is 11.8 Å². The molecule has 0 unspecified atom stereocenters. The van der Waals surface area contributed by atoms with E-state index in [1.54, 1.807) is 23.4 Å². The van der Waals surface area contributed by atoms with Crippen molar-refractivity contribution in [2.24, 2.45) is 0 Å². The van der Waals surface area contributed by atoms with Gasteiger partial charge in [0.15, 0.2) is 0 Å². The van der Waals surface area contributed by atoms with Gasteiger partial charge >= 0.3 is 0 Å². The third-order valence-electron chi connectivity index (χ3n) is 4.68. The van der Waals surface area contributed by atoms with Crippen LogP contribution in [0.25, 0.3) is 11.3 Å². The Hall–Kier alpha value is -3.00. The predicted molar refractivity (Wildman–Crippen MR) is 103 cm³/mol. The van der Waals surface area contributed by atoms with Crippen molar-refractivity contribution in [3.8, 4) is 11.3 Å². The smallest absolute Gasteiger partial charge is 0.272 e. The average Bonchev–Trinajstić information content (AvgIpc) is 3.37. The fraction of sp³-hybridized carbons (Fsp3) is 0.263. The number of pyridine rings is 1. The Morgan fingerprint density at radius 1 is 1.11 bits per heavy atom. The SMILES string of the molecule is Cc1ccsc1C(=O)N1CCN(C(=O)c2cc(-c3cccnc3)n[nH]2)CC1. The molecule has 4 heterocycles. The topological polar surface area (TPSA) is 82.2 Å². The third-order valence-corrected chi connectivity index (χ3v) is 5.68. The van der Waals surface area contributed by atoms with E-state index in [1.165, 1.54) is 11.3 Å². The molecule has 1 N–H and O–H groups in total. The number of carbonyl (C=O) groups is 2. The highest BCUT2D eigenvalue weighted by molar-refractivity contribution is 7.12. The molecule has 3 aromatic heterocycles. The van der Waals surface area contributed by atoms with Gasteiger partial charge in [0.2, 0.25) is 0 Å². The lowest BCUT2D eigenvalue weighted by molar-refractivity contribution is 0.0534. The van der Waals surface area contributed by atoms with Crippen LogP contribution in [0.3, 0.4) is 0 Å². The third kappa shape index (κ3) is 3.48. The summed E-state index contributed by atoms with van der Waals surface area (Å²) in [5.41, 5.74) is 2.99. The van der Waals surface area contributed by atoms with Gasteiger partial charge in [-0.05, 0) is 42.1 Å². The summed E-state index contributed by atoms with van der Waals surface area (Å²) >= 11 is 1.47. The van der Waals surface area contributed by atoms with Crippen LogP contribution in [0.2, 0.25) is 0 Å². The van der Waals surface area contributed by atoms with Crippen LogP contribution < -0.4 is 0 Å². The Morgan fingerprint density at radius 3 is 2.48 bits per heavy atom. The first kappa shape index (κ1) is 17.4. The largest absolute Gasteiger partial charge is 0.334 e. The Morgan fingerprint density at radius 2 is 1.85 bits per heavy atom. The molecule has 0 atom stereocenters. The molecule has 1 aliphatic rings. The summed E-state index contributed by atoms with van der Waals surface area (Å²) in [4.78, 5) is 33.8. The molecule has 1 aliphatic heterocycles. The van der Waals surface area contributed by atoms with Gasteiger partial charge in [-0.1, -0.05) is 0 Å². The van der Waals surface area contributed by atoms with E-state index in [4.69, 9.17) is 0 Å². The minimum absolute atomic E-state index is 0.0509. The first-order valence-electron chi connectivity index (χ1n) is 8.72. The van der Waals surface area contributed by atoms with E-state index in [-0.39, 0.29) is 11.8 Å². The van der Waals surface area contributed by atoms with Crippen LogP contribution in [-0.2, 0) is 0 Å². The molecule has 0 spiro atoms. The van der Waals surface area contributed by atoms with E-state index in [2.05, 4.69) is 15.2 Å². The maximum Gasteiger partial charge on any atom is 0.272 e. The number of hydrogen-bond donors (Lipinski definition) is 1. The molecule has 8 heteroatoms. The second-order valence-electron chi connectivity index (χ2n) is 6.43. The molecule has 3 aromatic rings. The van der Waals surface area contributed by atoms with Crippen LogP contribution >= 0.6 is 11.3 Å². The summed E-state index contributed by atoms with van der Waals surface area (Å²) < 4.78 is 0. The Bertz CT molecular complexity index is 957. The molecular weight excluding hydrogens is 362 g/mol. The number of amides is 2. The van der Waals surface area contributed by atoms with Gasteiger partial charge in [-0.25, -0.2) is 0 Å². The number of rotatable bonds is 3. The monoisotopic (exact) mass is 381 g/mol. The van der Waals surface area contributed by atoms with E-state index < -0.39 is 0 Å². The maximum atomic E-state index is 12.7. The van der Waals surface area contributed by atoms with Crippen molar-refractivity contribution in [2.75, 3.05) is 26.2 Å². The van der Waals surface area contributed by atoms with Gasteiger partial charge in [0.05, 0.1) is 10.6 Å². The normalized spacial score (nSPS) is 14.4. The van der Waals surface area contributed by atoms with Gasteiger partial charge in [0, 0.05) is 44.1 Å². The first-order chi connectivity index (χ1) is 13.1. The van der Waals surface area contributed by atoms with Crippen LogP contribution in [0.4, 0.5) is 0 Å². The van der Waals surface area contributed by atoms with E-state index in [1.807, 2.05) is 35.4 Å². The molecular formula is C19H19N5O2S. The predicted octanol–water partition coefficient (Wildman–Crippen LogP) is 2.44. The first-order valence-corrected chi connectivity index (χ1v) is 9.60. The zero-order chi connectivity index (χ0) is 18.8. The number of aryl methyl sites for hydroxylation is 1. The molecule has 27 heavy (non-hydrogen) atoms. The molecule has 4 rings (SSSR count). The van der Waals surface area contributed by atoms with Crippen molar-refractivity contribution in [3.63, 3.8) is 0 Å². The van der Waals surface area contributed by atoms with Crippen LogP contribution in [-0.4, -0.2) is 63.0 Å². The van der Waals surface area contributed by atoms with E-state index in [9.17, 15) is 9.59 Å². The van der Waals surface area contributed by atoms with Gasteiger partial charge in [-0.2, -0.15) is 5.10 Å². The molecule has 0 radical (unpaired) electrons. The molecule has 1 saturated heterocycles. The molecule has 0 aliphatic carbocycles. The summed E-state index contributed by atoms with van der Waals surface area (Å²) in [7, 11) is 0. The van der Waals surface area contributed by atoms with E-state index in [0.717, 1.165) is 16.0 Å². The van der Waals surface area contributed by atoms with Crippen molar-refractivity contribution in [1.82, 2.24) is 25.0 Å². The maximum absolute atomic E-state index is 12.7. The quantitative estimate of drug-likeness (QED) is 0.755. The van der Waals surface area contributed by atoms with Crippen molar-refractivity contribution >= 4 is 23.2 Å². The lowest BCUT2D eigenvalue weighted by atomic mass is 10.2. The minimum atomic E-state index is -0.1000. The minimum Gasteiger partial charge on any atom is -0.334 e. The standard InChI is InChI=1S/C19H19N5O2S/c1-13-4-10-27-17(13)19(26)24-8-6-23(7-9-24)18(25)16-11-15(21-22-16)14-3-2-5-20-12-14/h2-5,10-12H,6-9H2,1H3,(H,21,22). The highest BCUT2D eigenvalue weighted by Crippen LogP contribution is 2.20. The zero-order valence-electron chi connectivity index (χ0n) is 14.9. The summed E-state index contributed by atoms with van der Waals surface area (Å²) in [6, 6.07) is 7.42. The number of carbonyl (C=O) groups excluding carboxylic acids is 2. The van der Waals surface area contributed by atoms with Gasteiger partial charge in [-0.15, -0.1) is 11.3 Å². The number of nitrogens with one attached hydrogen (secondary N) is 1. The molecule has 138 valence electrons. The number of nitrogens with zero attached hydrogens (tertiary/aromatic N) is 4. The lowest BCUT2D eigenvalue weighted by Crippen LogP contribution is -2.50. The van der Waals surface area contributed by atoms with E-state index >= 15 is 0 Å². The van der Waals surface area contributed by atoms with Crippen molar-refractivity contribution < 1.29 is 9.59 Å². The lowest BCUT2D eigenvalue weighted by Gasteiger charge is -2.34. The number of H-pyrrole nitrogens is 1. The Balaban J connectivity index is 1.40. The molecule has 1 fully saturated rings. The van der Waals surface area contributed by atoms with Crippen LogP contribution in [0.1, 0.15) is 25.7 Å². The highest BCUT2D eigenvalue weighted by atomic mass is 32.1. The van der Waals surface area contributed by atoms with Gasteiger partial charge in [0.1, 0.15) is 5.69 Å². The van der Waals surface area contributed by atoms with Crippen molar-refractivity contribution in [3.05, 3.63) is 58.2 Å². The van der Waals surface area contributed by atoms with Gasteiger partial charge in [-0.3, -0.25) is 19.7 Å². The average molecular weight is 381 g/mol. The van der Waals surface area contributed by atoms with Crippen LogP contribution in [0, 0.1) is 6.92 Å². The summed E-state index contributed by atoms with van der Waals surface area (Å²) in [5, 5.41) is 8.96. The number of aromatic amines is 1. The number of hydrogen-bond acceptors (Lipinski definition) is 5. The molecule has 0 bridgehead atoms. The molecule has 0 saturated carbocycles. The van der Waals surface area contributed by atoms with Crippen molar-refractivity contribution in [1.29, 1.82) is 0 Å². The fourth-order valence-corrected chi connectivity index (χ4v) is 4.00. The summed E-state index contributed by atoms with van der Waals surface area (Å²) in [6.45, 7) is 4.03. The number of thiophene rings is 1. The van der Waals surface area contributed by atoms with Crippen LogP contribution in [0.5, 0.6) is 0 Å². The second kappa shape index (κ2) is 7.32. The zero-order valence-corrected chi connectivity index (χ0v) is 15.7. The molecule has 0 aromatic carbocycles. The van der Waals surface area contributed by atoms with Gasteiger partial charge < -0.3 is 9.80 Å². The van der Waals surface area contributed by atoms with E-state index in [0.29, 0.717) is 37.6 Å². The molecule has 7 nitrogen and oxygen atoms in total. The highest BCUT2D eigenvalue weighted by Gasteiger charge is 2.27. The number of piperazine rings is 1. The van der Waals surface area contributed by atoms with Crippen molar-refractivity contribution in [2.45, 2.75) is 6.92 Å². The Kier molecular flexibility index (Phi) is 4.72. The summed E-state index contributed by atoms with van der Waals surface area (Å²) in [5.74, 6) is -0.0490.